The first-order chi connectivity index (χ1) is 10.6. The lowest BCUT2D eigenvalue weighted by molar-refractivity contribution is 0.0689. The zero-order chi connectivity index (χ0) is 15.7. The van der Waals surface area contributed by atoms with Gasteiger partial charge in [-0.1, -0.05) is 24.3 Å². The molecule has 5 heteroatoms. The molecular weight excluding hydrogens is 278 g/mol. The Morgan fingerprint density at radius 3 is 2.73 bits per heavy atom. The number of nitrogens with zero attached hydrogens (tertiary/aromatic N) is 3. The van der Waals surface area contributed by atoms with Crippen LogP contribution in [0.25, 0.3) is 10.8 Å². The van der Waals surface area contributed by atoms with E-state index in [4.69, 9.17) is 5.11 Å². The van der Waals surface area contributed by atoms with Crippen molar-refractivity contribution in [2.45, 2.75) is 20.3 Å². The summed E-state index contributed by atoms with van der Waals surface area (Å²) in [5.41, 5.74) is 3.15. The Morgan fingerprint density at radius 2 is 1.95 bits per heavy atom. The van der Waals surface area contributed by atoms with Crippen LogP contribution in [0.3, 0.4) is 0 Å². The molecule has 22 heavy (non-hydrogen) atoms. The molecule has 0 fully saturated rings. The fraction of sp³-hybridized carbons (Fsp3) is 0.176. The van der Waals surface area contributed by atoms with Gasteiger partial charge in [-0.05, 0) is 25.3 Å². The summed E-state index contributed by atoms with van der Waals surface area (Å²) in [6.07, 6.45) is 1.78. The van der Waals surface area contributed by atoms with Crippen LogP contribution in [0.2, 0.25) is 0 Å². The summed E-state index contributed by atoms with van der Waals surface area (Å²) in [5, 5.41) is 11.4. The maximum atomic E-state index is 11.1. The molecule has 0 bridgehead atoms. The van der Waals surface area contributed by atoms with E-state index in [-0.39, 0.29) is 5.69 Å². The summed E-state index contributed by atoms with van der Waals surface area (Å²) in [5.74, 6) is -1.04. The van der Waals surface area contributed by atoms with Crippen molar-refractivity contribution in [3.63, 3.8) is 0 Å². The predicted octanol–water partition coefficient (Wildman–Crippen LogP) is 2.93. The van der Waals surface area contributed by atoms with Crippen molar-refractivity contribution in [3.05, 3.63) is 65.0 Å². The maximum absolute atomic E-state index is 11.1. The minimum Gasteiger partial charge on any atom is -0.477 e. The zero-order valence-electron chi connectivity index (χ0n) is 12.4. The summed E-state index contributed by atoms with van der Waals surface area (Å²) in [7, 11) is 0. The molecule has 0 saturated carbocycles. The number of pyridine rings is 1. The molecule has 0 spiro atoms. The Hall–Kier alpha value is -2.82. The van der Waals surface area contributed by atoms with Crippen LogP contribution in [-0.4, -0.2) is 26.0 Å². The van der Waals surface area contributed by atoms with E-state index >= 15 is 0 Å². The number of aromatic nitrogens is 3. The van der Waals surface area contributed by atoms with Gasteiger partial charge in [0.2, 0.25) is 0 Å². The van der Waals surface area contributed by atoms with Gasteiger partial charge in [0.15, 0.2) is 5.69 Å². The first kappa shape index (κ1) is 14.1. The number of carbonyl (C=O) groups is 1. The van der Waals surface area contributed by atoms with E-state index in [1.54, 1.807) is 6.92 Å². The largest absolute Gasteiger partial charge is 0.477 e. The molecular formula is C17H15N3O2. The number of hydrogen-bond donors (Lipinski definition) is 1. The van der Waals surface area contributed by atoms with E-state index in [0.717, 1.165) is 22.2 Å². The van der Waals surface area contributed by atoms with Crippen LogP contribution in [0.5, 0.6) is 0 Å². The van der Waals surface area contributed by atoms with E-state index in [2.05, 4.69) is 15.0 Å². The molecule has 3 aromatic rings. The number of aryl methyl sites for hydroxylation is 1. The van der Waals surface area contributed by atoms with Gasteiger partial charge in [0, 0.05) is 28.8 Å². The molecule has 0 aliphatic heterocycles. The second-order valence-electron chi connectivity index (χ2n) is 5.20. The minimum atomic E-state index is -1.04. The third kappa shape index (κ3) is 2.53. The molecule has 0 saturated heterocycles. The SMILES string of the molecule is Cc1c(Cc2cc3ccccc3c(C)n2)ncnc1C(=O)O. The lowest BCUT2D eigenvalue weighted by atomic mass is 10.0. The van der Waals surface area contributed by atoms with Crippen LogP contribution >= 0.6 is 0 Å². The van der Waals surface area contributed by atoms with Crippen molar-refractivity contribution in [1.29, 1.82) is 0 Å². The lowest BCUT2D eigenvalue weighted by Crippen LogP contribution is -2.09. The van der Waals surface area contributed by atoms with Gasteiger partial charge in [0.05, 0.1) is 5.69 Å². The number of carboxylic acids is 1. The summed E-state index contributed by atoms with van der Waals surface area (Å²) in [6.45, 7) is 3.70. The fourth-order valence-corrected chi connectivity index (χ4v) is 2.58. The van der Waals surface area contributed by atoms with Crippen LogP contribution < -0.4 is 0 Å². The van der Waals surface area contributed by atoms with Crippen LogP contribution in [-0.2, 0) is 6.42 Å². The van der Waals surface area contributed by atoms with Crippen molar-refractivity contribution in [1.82, 2.24) is 15.0 Å². The average molecular weight is 293 g/mol. The number of fused-ring (bicyclic) bond motifs is 1. The molecule has 2 aromatic heterocycles. The van der Waals surface area contributed by atoms with E-state index in [9.17, 15) is 4.79 Å². The molecule has 0 unspecified atom stereocenters. The Morgan fingerprint density at radius 1 is 1.18 bits per heavy atom. The van der Waals surface area contributed by atoms with Gasteiger partial charge in [-0.15, -0.1) is 0 Å². The number of benzene rings is 1. The maximum Gasteiger partial charge on any atom is 0.354 e. The third-order valence-corrected chi connectivity index (χ3v) is 3.72. The van der Waals surface area contributed by atoms with Gasteiger partial charge in [0.25, 0.3) is 0 Å². The Labute approximate surface area is 127 Å². The third-order valence-electron chi connectivity index (χ3n) is 3.72. The quantitative estimate of drug-likeness (QED) is 0.803. The topological polar surface area (TPSA) is 76.0 Å². The Balaban J connectivity index is 2.04. The van der Waals surface area contributed by atoms with Crippen molar-refractivity contribution in [2.75, 3.05) is 0 Å². The van der Waals surface area contributed by atoms with E-state index in [1.807, 2.05) is 37.3 Å². The first-order valence-electron chi connectivity index (χ1n) is 6.95. The molecule has 0 aliphatic rings. The molecule has 5 nitrogen and oxygen atoms in total. The first-order valence-corrected chi connectivity index (χ1v) is 6.95. The zero-order valence-corrected chi connectivity index (χ0v) is 12.4. The normalized spacial score (nSPS) is 10.8. The van der Waals surface area contributed by atoms with Crippen LogP contribution in [0.4, 0.5) is 0 Å². The highest BCUT2D eigenvalue weighted by atomic mass is 16.4. The minimum absolute atomic E-state index is 0.0440. The van der Waals surface area contributed by atoms with E-state index in [0.29, 0.717) is 17.7 Å². The van der Waals surface area contributed by atoms with Gasteiger partial charge >= 0.3 is 5.97 Å². The van der Waals surface area contributed by atoms with Gasteiger partial charge in [0.1, 0.15) is 6.33 Å². The summed E-state index contributed by atoms with van der Waals surface area (Å²) in [4.78, 5) is 23.8. The standard InChI is InChI=1S/C17H15N3O2/c1-10-15(18-9-19-16(10)17(21)22)8-13-7-12-5-3-4-6-14(12)11(2)20-13/h3-7,9H,8H2,1-2H3,(H,21,22). The molecule has 0 atom stereocenters. The molecule has 3 rings (SSSR count). The van der Waals surface area contributed by atoms with Crippen molar-refractivity contribution in [3.8, 4) is 0 Å². The van der Waals surface area contributed by atoms with E-state index < -0.39 is 5.97 Å². The molecule has 0 amide bonds. The molecule has 1 aromatic carbocycles. The van der Waals surface area contributed by atoms with Crippen LogP contribution in [0.15, 0.2) is 36.7 Å². The molecule has 110 valence electrons. The van der Waals surface area contributed by atoms with E-state index in [1.165, 1.54) is 6.33 Å². The lowest BCUT2D eigenvalue weighted by Gasteiger charge is -2.09. The number of aromatic carboxylic acids is 1. The highest BCUT2D eigenvalue weighted by Gasteiger charge is 2.14. The molecule has 0 radical (unpaired) electrons. The second kappa shape index (κ2) is 5.52. The predicted molar refractivity (Wildman–Crippen MR) is 83.0 cm³/mol. The van der Waals surface area contributed by atoms with Crippen molar-refractivity contribution in [2.24, 2.45) is 0 Å². The molecule has 1 N–H and O–H groups in total. The molecule has 0 aliphatic carbocycles. The second-order valence-corrected chi connectivity index (χ2v) is 5.20. The summed E-state index contributed by atoms with van der Waals surface area (Å²) < 4.78 is 0. The van der Waals surface area contributed by atoms with Gasteiger partial charge in [-0.2, -0.15) is 0 Å². The fourth-order valence-electron chi connectivity index (χ4n) is 2.58. The number of rotatable bonds is 3. The van der Waals surface area contributed by atoms with Crippen molar-refractivity contribution >= 4 is 16.7 Å². The van der Waals surface area contributed by atoms with Gasteiger partial charge < -0.3 is 5.11 Å². The highest BCUT2D eigenvalue weighted by molar-refractivity contribution is 5.87. The average Bonchev–Trinajstić information content (AvgIpc) is 2.49. The Bertz CT molecular complexity index is 875. The van der Waals surface area contributed by atoms with Gasteiger partial charge in [-0.3, -0.25) is 4.98 Å². The van der Waals surface area contributed by atoms with Crippen molar-refractivity contribution < 1.29 is 9.90 Å². The monoisotopic (exact) mass is 293 g/mol. The summed E-state index contributed by atoms with van der Waals surface area (Å²) >= 11 is 0. The summed E-state index contributed by atoms with van der Waals surface area (Å²) in [6, 6.07) is 10.1. The Kier molecular flexibility index (Phi) is 3.55. The molecule has 2 heterocycles. The number of hydrogen-bond acceptors (Lipinski definition) is 4. The number of carboxylic acid groups (broad SMARTS) is 1. The smallest absolute Gasteiger partial charge is 0.354 e. The van der Waals surface area contributed by atoms with Gasteiger partial charge in [-0.25, -0.2) is 14.8 Å². The van der Waals surface area contributed by atoms with Crippen LogP contribution in [0, 0.1) is 13.8 Å². The highest BCUT2D eigenvalue weighted by Crippen LogP contribution is 2.20. The van der Waals surface area contributed by atoms with Crippen LogP contribution in [0.1, 0.15) is 33.1 Å².